The number of aryl methyl sites for hydroxylation is 1. The lowest BCUT2D eigenvalue weighted by Crippen LogP contribution is -2.26. The Bertz CT molecular complexity index is 1180. The van der Waals surface area contributed by atoms with Crippen LogP contribution in [-0.4, -0.2) is 61.9 Å². The standard InChI is InChI=1S/C22H26N4O5S/c1-25(2)32(28,29)18-11-12-19(30-4)17(14-18)10-13-21(27)26(3)15-20-23-22(24-31-20)16-8-6-5-7-9-16/h5-9,11-12,14H,10,13,15H2,1-4H3. The van der Waals surface area contributed by atoms with Crippen molar-refractivity contribution in [1.29, 1.82) is 0 Å². The molecule has 0 aliphatic heterocycles. The summed E-state index contributed by atoms with van der Waals surface area (Å²) in [5.41, 5.74) is 1.47. The maximum Gasteiger partial charge on any atom is 0.246 e. The number of rotatable bonds is 9. The predicted molar refractivity (Wildman–Crippen MR) is 118 cm³/mol. The summed E-state index contributed by atoms with van der Waals surface area (Å²) >= 11 is 0. The Morgan fingerprint density at radius 1 is 1.09 bits per heavy atom. The van der Waals surface area contributed by atoms with Crippen LogP contribution in [0.3, 0.4) is 0 Å². The molecule has 3 rings (SSSR count). The minimum atomic E-state index is -3.59. The number of carbonyl (C=O) groups is 1. The molecular weight excluding hydrogens is 432 g/mol. The van der Waals surface area contributed by atoms with Crippen molar-refractivity contribution in [1.82, 2.24) is 19.3 Å². The zero-order valence-electron chi connectivity index (χ0n) is 18.5. The van der Waals surface area contributed by atoms with Crippen LogP contribution in [0, 0.1) is 0 Å². The van der Waals surface area contributed by atoms with Gasteiger partial charge in [0.1, 0.15) is 5.75 Å². The monoisotopic (exact) mass is 458 g/mol. The Morgan fingerprint density at radius 2 is 1.81 bits per heavy atom. The Kier molecular flexibility index (Phi) is 7.26. The van der Waals surface area contributed by atoms with Crippen molar-refractivity contribution in [3.63, 3.8) is 0 Å². The van der Waals surface area contributed by atoms with Crippen LogP contribution in [0.4, 0.5) is 0 Å². The molecule has 32 heavy (non-hydrogen) atoms. The Balaban J connectivity index is 1.66. The molecule has 2 aromatic carbocycles. The third kappa shape index (κ3) is 5.32. The average molecular weight is 459 g/mol. The number of hydrogen-bond acceptors (Lipinski definition) is 7. The highest BCUT2D eigenvalue weighted by Gasteiger charge is 2.20. The molecule has 0 N–H and O–H groups in total. The van der Waals surface area contributed by atoms with Gasteiger partial charge in [0.15, 0.2) is 0 Å². The Morgan fingerprint density at radius 3 is 2.47 bits per heavy atom. The van der Waals surface area contributed by atoms with Crippen LogP contribution in [0.15, 0.2) is 57.9 Å². The van der Waals surface area contributed by atoms with Gasteiger partial charge < -0.3 is 14.2 Å². The number of benzene rings is 2. The fourth-order valence-electron chi connectivity index (χ4n) is 3.07. The fraction of sp³-hybridized carbons (Fsp3) is 0.318. The van der Waals surface area contributed by atoms with E-state index in [-0.39, 0.29) is 23.8 Å². The summed E-state index contributed by atoms with van der Waals surface area (Å²) in [6.07, 6.45) is 0.486. The van der Waals surface area contributed by atoms with E-state index in [0.717, 1.165) is 9.87 Å². The summed E-state index contributed by atoms with van der Waals surface area (Å²) in [6, 6.07) is 14.1. The van der Waals surface area contributed by atoms with Crippen LogP contribution in [-0.2, 0) is 27.8 Å². The molecule has 0 bridgehead atoms. The van der Waals surface area contributed by atoms with Crippen LogP contribution in [0.5, 0.6) is 5.75 Å². The Hall–Kier alpha value is -3.24. The van der Waals surface area contributed by atoms with E-state index < -0.39 is 10.0 Å². The van der Waals surface area contributed by atoms with Crippen molar-refractivity contribution in [2.75, 3.05) is 28.3 Å². The number of ether oxygens (including phenoxy) is 1. The number of amides is 1. The fourth-order valence-corrected chi connectivity index (χ4v) is 4.02. The first-order valence-corrected chi connectivity index (χ1v) is 11.4. The smallest absolute Gasteiger partial charge is 0.246 e. The second-order valence-corrected chi connectivity index (χ2v) is 9.54. The van der Waals surface area contributed by atoms with E-state index in [1.807, 2.05) is 30.3 Å². The normalized spacial score (nSPS) is 11.5. The lowest BCUT2D eigenvalue weighted by Gasteiger charge is -2.17. The van der Waals surface area contributed by atoms with Gasteiger partial charge in [-0.2, -0.15) is 4.98 Å². The molecule has 0 aliphatic rings. The van der Waals surface area contributed by atoms with Crippen molar-refractivity contribution >= 4 is 15.9 Å². The zero-order valence-corrected chi connectivity index (χ0v) is 19.3. The second-order valence-electron chi connectivity index (χ2n) is 7.39. The number of sulfonamides is 1. The highest BCUT2D eigenvalue weighted by molar-refractivity contribution is 7.89. The van der Waals surface area contributed by atoms with E-state index >= 15 is 0 Å². The van der Waals surface area contributed by atoms with Gasteiger partial charge in [0.2, 0.25) is 27.6 Å². The van der Waals surface area contributed by atoms with Crippen LogP contribution in [0.25, 0.3) is 11.4 Å². The predicted octanol–water partition coefficient (Wildman–Crippen LogP) is 2.59. The van der Waals surface area contributed by atoms with E-state index in [2.05, 4.69) is 10.1 Å². The van der Waals surface area contributed by atoms with Gasteiger partial charge in [-0.25, -0.2) is 12.7 Å². The first kappa shape index (κ1) is 23.4. The van der Waals surface area contributed by atoms with Gasteiger partial charge in [0, 0.05) is 33.1 Å². The maximum atomic E-state index is 12.7. The Labute approximate surface area is 187 Å². The lowest BCUT2D eigenvalue weighted by atomic mass is 10.1. The van der Waals surface area contributed by atoms with E-state index in [9.17, 15) is 13.2 Å². The average Bonchev–Trinajstić information content (AvgIpc) is 3.26. The van der Waals surface area contributed by atoms with Crippen molar-refractivity contribution in [3.05, 3.63) is 60.0 Å². The third-order valence-electron chi connectivity index (χ3n) is 4.94. The number of methoxy groups -OCH3 is 1. The van der Waals surface area contributed by atoms with Gasteiger partial charge in [-0.15, -0.1) is 0 Å². The topological polar surface area (TPSA) is 106 Å². The SMILES string of the molecule is COc1ccc(S(=O)(=O)N(C)C)cc1CCC(=O)N(C)Cc1nc(-c2ccccc2)no1. The van der Waals surface area contributed by atoms with E-state index in [1.165, 1.54) is 32.2 Å². The number of hydrogen-bond donors (Lipinski definition) is 0. The summed E-state index contributed by atoms with van der Waals surface area (Å²) in [7, 11) is 2.51. The summed E-state index contributed by atoms with van der Waals surface area (Å²) in [6.45, 7) is 0.171. The highest BCUT2D eigenvalue weighted by Crippen LogP contribution is 2.25. The van der Waals surface area contributed by atoms with Crippen molar-refractivity contribution in [2.45, 2.75) is 24.3 Å². The van der Waals surface area contributed by atoms with Gasteiger partial charge in [-0.3, -0.25) is 4.79 Å². The molecule has 0 radical (unpaired) electrons. The van der Waals surface area contributed by atoms with Crippen LogP contribution in [0.2, 0.25) is 0 Å². The molecule has 1 aromatic heterocycles. The molecule has 0 unspecified atom stereocenters. The highest BCUT2D eigenvalue weighted by atomic mass is 32.2. The summed E-state index contributed by atoms with van der Waals surface area (Å²) in [5.74, 6) is 1.18. The molecule has 0 fully saturated rings. The lowest BCUT2D eigenvalue weighted by molar-refractivity contribution is -0.130. The number of carbonyl (C=O) groups excluding carboxylic acids is 1. The van der Waals surface area contributed by atoms with E-state index in [0.29, 0.717) is 29.4 Å². The van der Waals surface area contributed by atoms with Gasteiger partial charge in [0.05, 0.1) is 18.6 Å². The number of aromatic nitrogens is 2. The molecular formula is C22H26N4O5S. The molecule has 0 aliphatic carbocycles. The van der Waals surface area contributed by atoms with Gasteiger partial charge in [0.25, 0.3) is 0 Å². The van der Waals surface area contributed by atoms with Gasteiger partial charge >= 0.3 is 0 Å². The summed E-state index contributed by atoms with van der Waals surface area (Å²) in [5, 5.41) is 3.96. The number of nitrogens with zero attached hydrogens (tertiary/aromatic N) is 4. The molecule has 9 nitrogen and oxygen atoms in total. The van der Waals surface area contributed by atoms with Crippen molar-refractivity contribution in [2.24, 2.45) is 0 Å². The van der Waals surface area contributed by atoms with E-state index in [4.69, 9.17) is 9.26 Å². The van der Waals surface area contributed by atoms with Crippen molar-refractivity contribution < 1.29 is 22.5 Å². The van der Waals surface area contributed by atoms with Crippen molar-refractivity contribution in [3.8, 4) is 17.1 Å². The molecule has 3 aromatic rings. The summed E-state index contributed by atoms with van der Waals surface area (Å²) < 4.78 is 36.6. The van der Waals surface area contributed by atoms with Crippen LogP contribution in [0.1, 0.15) is 17.9 Å². The van der Waals surface area contributed by atoms with Gasteiger partial charge in [-0.1, -0.05) is 35.5 Å². The zero-order chi connectivity index (χ0) is 23.3. The molecule has 1 amide bonds. The molecule has 0 saturated carbocycles. The van der Waals surface area contributed by atoms with Gasteiger partial charge in [-0.05, 0) is 30.2 Å². The minimum Gasteiger partial charge on any atom is -0.496 e. The molecule has 170 valence electrons. The third-order valence-corrected chi connectivity index (χ3v) is 6.75. The first-order chi connectivity index (χ1) is 15.2. The first-order valence-electron chi connectivity index (χ1n) is 9.93. The van der Waals surface area contributed by atoms with E-state index in [1.54, 1.807) is 19.2 Å². The molecule has 10 heteroatoms. The van der Waals surface area contributed by atoms with Crippen LogP contribution < -0.4 is 4.74 Å². The second kappa shape index (κ2) is 9.92. The molecule has 0 spiro atoms. The maximum absolute atomic E-state index is 12.7. The quantitative estimate of drug-likeness (QED) is 0.485. The largest absolute Gasteiger partial charge is 0.496 e. The minimum absolute atomic E-state index is 0.146. The molecule has 0 saturated heterocycles. The summed E-state index contributed by atoms with van der Waals surface area (Å²) in [4.78, 5) is 18.6. The molecule has 1 heterocycles. The molecule has 0 atom stereocenters. The van der Waals surface area contributed by atoms with Crippen LogP contribution >= 0.6 is 0 Å².